The highest BCUT2D eigenvalue weighted by atomic mass is 19.1. The molecule has 0 saturated carbocycles. The zero-order chi connectivity index (χ0) is 8.81. The van der Waals surface area contributed by atoms with Gasteiger partial charge in [-0.15, -0.1) is 0 Å². The molecule has 66 valence electrons. The molecule has 0 unspecified atom stereocenters. The van der Waals surface area contributed by atoms with E-state index >= 15 is 0 Å². The van der Waals surface area contributed by atoms with E-state index in [1.165, 1.54) is 12.1 Å². The van der Waals surface area contributed by atoms with Gasteiger partial charge in [0.2, 0.25) is 0 Å². The van der Waals surface area contributed by atoms with Crippen LogP contribution in [0.5, 0.6) is 0 Å². The number of anilines is 1. The highest BCUT2D eigenvalue weighted by Crippen LogP contribution is 2.07. The van der Waals surface area contributed by atoms with Gasteiger partial charge in [0, 0.05) is 12.2 Å². The molecule has 0 fully saturated rings. The summed E-state index contributed by atoms with van der Waals surface area (Å²) in [6.07, 6.45) is 0. The maximum Gasteiger partial charge on any atom is 0.125 e. The van der Waals surface area contributed by atoms with Crippen molar-refractivity contribution >= 4 is 5.69 Å². The molecule has 0 aliphatic heterocycles. The lowest BCUT2D eigenvalue weighted by Gasteiger charge is -2.04. The van der Waals surface area contributed by atoms with Gasteiger partial charge in [-0.2, -0.15) is 0 Å². The van der Waals surface area contributed by atoms with Crippen molar-refractivity contribution in [2.75, 3.05) is 18.5 Å². The molecule has 0 radical (unpaired) electrons. The van der Waals surface area contributed by atoms with Gasteiger partial charge in [-0.05, 0) is 18.2 Å². The molecule has 0 heterocycles. The standard InChI is InChI=1S/C8H11FN2O/c9-7-2-1-3-8(6-7)11-4-5-12-10/h1-3,6,11H,4-5,10H2. The first-order valence-corrected chi connectivity index (χ1v) is 3.64. The molecular weight excluding hydrogens is 159 g/mol. The van der Waals surface area contributed by atoms with E-state index in [2.05, 4.69) is 10.2 Å². The summed E-state index contributed by atoms with van der Waals surface area (Å²) in [4.78, 5) is 4.34. The Hall–Kier alpha value is -1.13. The number of rotatable bonds is 4. The summed E-state index contributed by atoms with van der Waals surface area (Å²) in [6, 6.07) is 6.22. The van der Waals surface area contributed by atoms with E-state index in [9.17, 15) is 4.39 Å². The minimum Gasteiger partial charge on any atom is -0.383 e. The molecule has 0 aliphatic rings. The molecule has 0 spiro atoms. The van der Waals surface area contributed by atoms with Gasteiger partial charge < -0.3 is 10.2 Å². The second-order valence-corrected chi connectivity index (χ2v) is 2.31. The Kier molecular flexibility index (Phi) is 3.50. The minimum absolute atomic E-state index is 0.256. The molecule has 12 heavy (non-hydrogen) atoms. The summed E-state index contributed by atoms with van der Waals surface area (Å²) >= 11 is 0. The lowest BCUT2D eigenvalue weighted by Crippen LogP contribution is -2.12. The predicted octanol–water partition coefficient (Wildman–Crippen LogP) is 1.13. The number of nitrogens with two attached hydrogens (primary N) is 1. The number of hydrogen-bond donors (Lipinski definition) is 2. The van der Waals surface area contributed by atoms with Crippen LogP contribution in [0.15, 0.2) is 24.3 Å². The molecule has 3 N–H and O–H groups in total. The summed E-state index contributed by atoms with van der Waals surface area (Å²) in [7, 11) is 0. The summed E-state index contributed by atoms with van der Waals surface area (Å²) in [6.45, 7) is 0.969. The fraction of sp³-hybridized carbons (Fsp3) is 0.250. The van der Waals surface area contributed by atoms with Gasteiger partial charge in [0.1, 0.15) is 5.82 Å². The van der Waals surface area contributed by atoms with Crippen molar-refractivity contribution in [3.8, 4) is 0 Å². The quantitative estimate of drug-likeness (QED) is 0.526. The molecule has 0 amide bonds. The van der Waals surface area contributed by atoms with Crippen LogP contribution < -0.4 is 11.2 Å². The SMILES string of the molecule is NOCCNc1cccc(F)c1. The molecule has 0 bridgehead atoms. The zero-order valence-corrected chi connectivity index (χ0v) is 6.59. The first-order chi connectivity index (χ1) is 5.83. The van der Waals surface area contributed by atoms with Crippen LogP contribution in [0, 0.1) is 5.82 Å². The Morgan fingerprint density at radius 2 is 2.33 bits per heavy atom. The van der Waals surface area contributed by atoms with E-state index in [1.807, 2.05) is 0 Å². The summed E-state index contributed by atoms with van der Waals surface area (Å²) in [5, 5.41) is 2.94. The van der Waals surface area contributed by atoms with Gasteiger partial charge in [-0.25, -0.2) is 10.3 Å². The van der Waals surface area contributed by atoms with Gasteiger partial charge in [0.05, 0.1) is 6.61 Å². The van der Waals surface area contributed by atoms with Gasteiger partial charge in [-0.3, -0.25) is 0 Å². The molecule has 0 saturated heterocycles. The van der Waals surface area contributed by atoms with Crippen molar-refractivity contribution in [3.63, 3.8) is 0 Å². The van der Waals surface area contributed by atoms with Crippen LogP contribution >= 0.6 is 0 Å². The van der Waals surface area contributed by atoms with Gasteiger partial charge in [0.25, 0.3) is 0 Å². The van der Waals surface area contributed by atoms with E-state index in [4.69, 9.17) is 5.90 Å². The molecular formula is C8H11FN2O. The molecule has 3 nitrogen and oxygen atoms in total. The Morgan fingerprint density at radius 1 is 1.50 bits per heavy atom. The zero-order valence-electron chi connectivity index (χ0n) is 6.59. The lowest BCUT2D eigenvalue weighted by molar-refractivity contribution is 0.148. The van der Waals surface area contributed by atoms with Crippen molar-refractivity contribution in [2.24, 2.45) is 5.90 Å². The van der Waals surface area contributed by atoms with Crippen LogP contribution in [-0.2, 0) is 4.84 Å². The third-order valence-electron chi connectivity index (χ3n) is 1.37. The van der Waals surface area contributed by atoms with E-state index < -0.39 is 0 Å². The molecule has 0 aromatic heterocycles. The Balaban J connectivity index is 2.41. The molecule has 1 aromatic rings. The van der Waals surface area contributed by atoms with Gasteiger partial charge in [0.15, 0.2) is 0 Å². The Labute approximate surface area is 70.3 Å². The first kappa shape index (κ1) is 8.96. The van der Waals surface area contributed by atoms with Crippen LogP contribution in [-0.4, -0.2) is 13.2 Å². The number of nitrogens with one attached hydrogen (secondary N) is 1. The number of halogens is 1. The molecule has 4 heteroatoms. The molecule has 0 atom stereocenters. The molecule has 0 aliphatic carbocycles. The van der Waals surface area contributed by atoms with Crippen LogP contribution in [0.3, 0.4) is 0 Å². The second kappa shape index (κ2) is 4.69. The average Bonchev–Trinajstić information content (AvgIpc) is 2.05. The number of benzene rings is 1. The highest BCUT2D eigenvalue weighted by molar-refractivity contribution is 5.42. The maximum absolute atomic E-state index is 12.6. The van der Waals surface area contributed by atoms with Crippen LogP contribution in [0.4, 0.5) is 10.1 Å². The smallest absolute Gasteiger partial charge is 0.125 e. The van der Waals surface area contributed by atoms with Crippen LogP contribution in [0.1, 0.15) is 0 Å². The Morgan fingerprint density at radius 3 is 3.00 bits per heavy atom. The largest absolute Gasteiger partial charge is 0.383 e. The molecule has 1 rings (SSSR count). The number of hydrogen-bond acceptors (Lipinski definition) is 3. The monoisotopic (exact) mass is 170 g/mol. The van der Waals surface area contributed by atoms with Crippen LogP contribution in [0.25, 0.3) is 0 Å². The van der Waals surface area contributed by atoms with E-state index in [-0.39, 0.29) is 5.82 Å². The fourth-order valence-electron chi connectivity index (χ4n) is 0.853. The van der Waals surface area contributed by atoms with E-state index in [0.717, 1.165) is 5.69 Å². The van der Waals surface area contributed by atoms with Crippen molar-refractivity contribution in [1.29, 1.82) is 0 Å². The fourth-order valence-corrected chi connectivity index (χ4v) is 0.853. The highest BCUT2D eigenvalue weighted by Gasteiger charge is 1.92. The average molecular weight is 170 g/mol. The minimum atomic E-state index is -0.256. The summed E-state index contributed by atoms with van der Waals surface area (Å²) in [5.41, 5.74) is 0.729. The topological polar surface area (TPSA) is 47.3 Å². The van der Waals surface area contributed by atoms with Crippen molar-refractivity contribution in [3.05, 3.63) is 30.1 Å². The Bertz CT molecular complexity index is 242. The second-order valence-electron chi connectivity index (χ2n) is 2.31. The summed E-state index contributed by atoms with van der Waals surface area (Å²) in [5.74, 6) is 4.55. The van der Waals surface area contributed by atoms with Crippen molar-refractivity contribution in [2.45, 2.75) is 0 Å². The van der Waals surface area contributed by atoms with Crippen LogP contribution in [0.2, 0.25) is 0 Å². The summed E-state index contributed by atoms with van der Waals surface area (Å²) < 4.78 is 12.6. The van der Waals surface area contributed by atoms with Crippen molar-refractivity contribution in [1.82, 2.24) is 0 Å². The van der Waals surface area contributed by atoms with E-state index in [1.54, 1.807) is 12.1 Å². The normalized spacial score (nSPS) is 9.83. The predicted molar refractivity (Wildman–Crippen MR) is 45.0 cm³/mol. The van der Waals surface area contributed by atoms with E-state index in [0.29, 0.717) is 13.2 Å². The third-order valence-corrected chi connectivity index (χ3v) is 1.37. The lowest BCUT2D eigenvalue weighted by atomic mass is 10.3. The molecule has 1 aromatic carbocycles. The third kappa shape index (κ3) is 2.86. The maximum atomic E-state index is 12.6. The van der Waals surface area contributed by atoms with Gasteiger partial charge in [-0.1, -0.05) is 6.07 Å². The van der Waals surface area contributed by atoms with Gasteiger partial charge >= 0.3 is 0 Å². The first-order valence-electron chi connectivity index (χ1n) is 3.64. The van der Waals surface area contributed by atoms with Crippen molar-refractivity contribution < 1.29 is 9.23 Å².